The van der Waals surface area contributed by atoms with Crippen LogP contribution in [0.1, 0.15) is 40.9 Å². The number of hydrogen-bond acceptors (Lipinski definition) is 4. The van der Waals surface area contributed by atoms with Crippen LogP contribution in [0.4, 0.5) is 0 Å². The van der Waals surface area contributed by atoms with E-state index in [4.69, 9.17) is 5.73 Å². The van der Waals surface area contributed by atoms with Crippen LogP contribution in [-0.4, -0.2) is 53.8 Å². The molecule has 1 aliphatic heterocycles. The third-order valence-corrected chi connectivity index (χ3v) is 7.37. The normalized spacial score (nSPS) is 23.2. The third kappa shape index (κ3) is 3.60. The van der Waals surface area contributed by atoms with Gasteiger partial charge in [-0.3, -0.25) is 9.59 Å². The van der Waals surface area contributed by atoms with Gasteiger partial charge in [0.1, 0.15) is 0 Å². The second-order valence-corrected chi connectivity index (χ2v) is 8.84. The Morgan fingerprint density at radius 3 is 2.48 bits per heavy atom. The first kappa shape index (κ1) is 18.4. The fourth-order valence-electron chi connectivity index (χ4n) is 4.35. The lowest BCUT2D eigenvalue weighted by Gasteiger charge is -2.35. The molecular weight excluding hydrogens is 358 g/mol. The van der Waals surface area contributed by atoms with Crippen molar-refractivity contribution in [2.24, 2.45) is 11.7 Å². The van der Waals surface area contributed by atoms with E-state index in [1.54, 1.807) is 11.3 Å². The molecule has 2 fully saturated rings. The highest BCUT2D eigenvalue weighted by Gasteiger charge is 2.31. The second-order valence-electron chi connectivity index (χ2n) is 7.78. The molecule has 0 radical (unpaired) electrons. The number of hydrogen-bond donors (Lipinski definition) is 1. The first-order valence-electron chi connectivity index (χ1n) is 9.85. The van der Waals surface area contributed by atoms with Crippen molar-refractivity contribution in [1.82, 2.24) is 9.80 Å². The Hall–Kier alpha value is -1.92. The monoisotopic (exact) mass is 385 g/mol. The Balaban J connectivity index is 1.37. The highest BCUT2D eigenvalue weighted by molar-refractivity contribution is 7.21. The van der Waals surface area contributed by atoms with Gasteiger partial charge in [-0.15, -0.1) is 11.3 Å². The van der Waals surface area contributed by atoms with Gasteiger partial charge in [-0.1, -0.05) is 24.6 Å². The van der Waals surface area contributed by atoms with Crippen LogP contribution in [0.25, 0.3) is 10.1 Å². The molecule has 2 heterocycles. The van der Waals surface area contributed by atoms with Gasteiger partial charge in [0, 0.05) is 43.3 Å². The van der Waals surface area contributed by atoms with Crippen molar-refractivity contribution in [3.05, 3.63) is 34.7 Å². The number of amides is 2. The molecule has 1 saturated carbocycles. The standard InChI is InChI=1S/C21H27N3O2S/c1-14-16-6-2-3-8-18(16)27-20(14)21(26)24-11-9-23(10-12-24)19(25)13-15-5-4-7-17(15)22/h2-3,6,8,15,17H,4-5,7,9-13,22H2,1H3/t15-,17+/m0/s1. The van der Waals surface area contributed by atoms with Crippen LogP contribution < -0.4 is 5.73 Å². The van der Waals surface area contributed by atoms with Crippen LogP contribution in [0.3, 0.4) is 0 Å². The third-order valence-electron chi connectivity index (χ3n) is 6.11. The lowest BCUT2D eigenvalue weighted by Crippen LogP contribution is -2.51. The van der Waals surface area contributed by atoms with Gasteiger partial charge in [-0.25, -0.2) is 0 Å². The van der Waals surface area contributed by atoms with Gasteiger partial charge in [0.2, 0.25) is 5.91 Å². The number of carbonyl (C=O) groups excluding carboxylic acids is 2. The van der Waals surface area contributed by atoms with Crippen molar-refractivity contribution in [1.29, 1.82) is 0 Å². The summed E-state index contributed by atoms with van der Waals surface area (Å²) in [4.78, 5) is 30.2. The molecule has 2 atom stereocenters. The molecule has 0 unspecified atom stereocenters. The fraction of sp³-hybridized carbons (Fsp3) is 0.524. The summed E-state index contributed by atoms with van der Waals surface area (Å²) in [5, 5.41) is 1.16. The Morgan fingerprint density at radius 2 is 1.81 bits per heavy atom. The summed E-state index contributed by atoms with van der Waals surface area (Å²) in [6.07, 6.45) is 3.80. The number of nitrogens with two attached hydrogens (primary N) is 1. The van der Waals surface area contributed by atoms with E-state index in [9.17, 15) is 9.59 Å². The number of thiophene rings is 1. The van der Waals surface area contributed by atoms with Gasteiger partial charge >= 0.3 is 0 Å². The van der Waals surface area contributed by atoms with Crippen molar-refractivity contribution in [2.75, 3.05) is 26.2 Å². The SMILES string of the molecule is Cc1c(C(=O)N2CCN(C(=O)C[C@@H]3CCC[C@H]3N)CC2)sc2ccccc12. The molecular formula is C21H27N3O2S. The number of piperazine rings is 1. The average molecular weight is 386 g/mol. The maximum absolute atomic E-state index is 13.0. The second kappa shape index (κ2) is 7.60. The zero-order valence-corrected chi connectivity index (χ0v) is 16.6. The molecule has 2 aromatic rings. The zero-order valence-electron chi connectivity index (χ0n) is 15.8. The van der Waals surface area contributed by atoms with E-state index in [0.717, 1.165) is 39.8 Å². The maximum Gasteiger partial charge on any atom is 0.264 e. The van der Waals surface area contributed by atoms with Gasteiger partial charge in [0.05, 0.1) is 4.88 Å². The van der Waals surface area contributed by atoms with E-state index >= 15 is 0 Å². The molecule has 6 heteroatoms. The lowest BCUT2D eigenvalue weighted by atomic mass is 9.99. The Kier molecular flexibility index (Phi) is 5.19. The van der Waals surface area contributed by atoms with E-state index in [0.29, 0.717) is 38.5 Å². The topological polar surface area (TPSA) is 66.6 Å². The van der Waals surface area contributed by atoms with Gasteiger partial charge in [0.25, 0.3) is 5.91 Å². The molecule has 0 bridgehead atoms. The molecule has 27 heavy (non-hydrogen) atoms. The predicted molar refractivity (Wildman–Crippen MR) is 109 cm³/mol. The van der Waals surface area contributed by atoms with E-state index in [1.807, 2.05) is 28.9 Å². The molecule has 144 valence electrons. The van der Waals surface area contributed by atoms with Gasteiger partial charge in [-0.2, -0.15) is 0 Å². The number of rotatable bonds is 3. The van der Waals surface area contributed by atoms with Crippen LogP contribution in [0.15, 0.2) is 24.3 Å². The highest BCUT2D eigenvalue weighted by Crippen LogP contribution is 2.32. The summed E-state index contributed by atoms with van der Waals surface area (Å²) in [5.74, 6) is 0.625. The molecule has 0 spiro atoms. The minimum atomic E-state index is 0.0959. The smallest absolute Gasteiger partial charge is 0.264 e. The number of fused-ring (bicyclic) bond motifs is 1. The summed E-state index contributed by atoms with van der Waals surface area (Å²) in [6.45, 7) is 4.48. The van der Waals surface area contributed by atoms with Gasteiger partial charge in [0.15, 0.2) is 0 Å². The zero-order chi connectivity index (χ0) is 19.0. The Bertz CT molecular complexity index is 854. The van der Waals surface area contributed by atoms with Gasteiger partial charge < -0.3 is 15.5 Å². The molecule has 1 aromatic carbocycles. The molecule has 5 nitrogen and oxygen atoms in total. The molecule has 2 amide bonds. The van der Waals surface area contributed by atoms with Crippen LogP contribution >= 0.6 is 11.3 Å². The minimum absolute atomic E-state index is 0.0959. The van der Waals surface area contributed by atoms with Crippen LogP contribution in [0.5, 0.6) is 0 Å². The Morgan fingerprint density at radius 1 is 1.11 bits per heavy atom. The van der Waals surface area contributed by atoms with Crippen LogP contribution in [0.2, 0.25) is 0 Å². The lowest BCUT2D eigenvalue weighted by molar-refractivity contribution is -0.133. The molecule has 1 saturated heterocycles. The molecule has 4 rings (SSSR count). The fourth-order valence-corrected chi connectivity index (χ4v) is 5.53. The van der Waals surface area contributed by atoms with E-state index < -0.39 is 0 Å². The maximum atomic E-state index is 13.0. The molecule has 1 aromatic heterocycles. The summed E-state index contributed by atoms with van der Waals surface area (Å²) < 4.78 is 1.15. The summed E-state index contributed by atoms with van der Waals surface area (Å²) in [7, 11) is 0. The number of benzene rings is 1. The summed E-state index contributed by atoms with van der Waals surface area (Å²) in [6, 6.07) is 8.33. The first-order valence-corrected chi connectivity index (χ1v) is 10.7. The van der Waals surface area contributed by atoms with Gasteiger partial charge in [-0.05, 0) is 42.7 Å². The number of aryl methyl sites for hydroxylation is 1. The summed E-state index contributed by atoms with van der Waals surface area (Å²) in [5.41, 5.74) is 7.17. The van der Waals surface area contributed by atoms with Crippen molar-refractivity contribution in [3.63, 3.8) is 0 Å². The summed E-state index contributed by atoms with van der Waals surface area (Å²) >= 11 is 1.57. The Labute approximate surface area is 164 Å². The molecule has 2 aliphatic rings. The van der Waals surface area contributed by atoms with Crippen LogP contribution in [0, 0.1) is 12.8 Å². The first-order chi connectivity index (χ1) is 13.0. The van der Waals surface area contributed by atoms with Crippen LogP contribution in [-0.2, 0) is 4.79 Å². The molecule has 2 N–H and O–H groups in total. The molecule has 1 aliphatic carbocycles. The quantitative estimate of drug-likeness (QED) is 0.883. The highest BCUT2D eigenvalue weighted by atomic mass is 32.1. The van der Waals surface area contributed by atoms with E-state index in [2.05, 4.69) is 12.1 Å². The minimum Gasteiger partial charge on any atom is -0.339 e. The van der Waals surface area contributed by atoms with Crippen molar-refractivity contribution < 1.29 is 9.59 Å². The van der Waals surface area contributed by atoms with Crippen molar-refractivity contribution in [2.45, 2.75) is 38.6 Å². The van der Waals surface area contributed by atoms with Crippen molar-refractivity contribution in [3.8, 4) is 0 Å². The number of carbonyl (C=O) groups is 2. The van der Waals surface area contributed by atoms with E-state index in [1.165, 1.54) is 0 Å². The number of nitrogens with zero attached hydrogens (tertiary/aromatic N) is 2. The van der Waals surface area contributed by atoms with Crippen molar-refractivity contribution >= 4 is 33.2 Å². The van der Waals surface area contributed by atoms with E-state index in [-0.39, 0.29) is 17.9 Å². The largest absolute Gasteiger partial charge is 0.339 e. The average Bonchev–Trinajstić information content (AvgIpc) is 3.25. The predicted octanol–water partition coefficient (Wildman–Crippen LogP) is 3.01.